The SMILES string of the molecule is COc1cccc(C(=O)CSc2nnc(COc3ccccc3Cl)n2-c2ccccc2)c1. The first-order valence-electron chi connectivity index (χ1n) is 9.83. The molecule has 0 aliphatic carbocycles. The standard InChI is InChI=1S/C24H20ClN3O3S/c1-30-19-11-7-8-17(14-19)21(29)16-32-24-27-26-23(28(24)18-9-3-2-4-10-18)15-31-22-13-6-5-12-20(22)25/h2-14H,15-16H2,1H3. The number of benzene rings is 3. The number of hydrogen-bond acceptors (Lipinski definition) is 6. The summed E-state index contributed by atoms with van der Waals surface area (Å²) in [6.07, 6.45) is 0. The van der Waals surface area contributed by atoms with E-state index in [-0.39, 0.29) is 18.1 Å². The highest BCUT2D eigenvalue weighted by atomic mass is 35.5. The van der Waals surface area contributed by atoms with E-state index in [2.05, 4.69) is 10.2 Å². The van der Waals surface area contributed by atoms with Gasteiger partial charge in [0.25, 0.3) is 0 Å². The molecule has 0 saturated carbocycles. The Bertz CT molecular complexity index is 1210. The Morgan fingerprint density at radius 2 is 1.78 bits per heavy atom. The van der Waals surface area contributed by atoms with Gasteiger partial charge >= 0.3 is 0 Å². The number of carbonyl (C=O) groups excluding carboxylic acids is 1. The fourth-order valence-corrected chi connectivity index (χ4v) is 4.09. The maximum absolute atomic E-state index is 12.7. The number of rotatable bonds is 9. The van der Waals surface area contributed by atoms with Crippen LogP contribution in [0.3, 0.4) is 0 Å². The average molecular weight is 466 g/mol. The minimum Gasteiger partial charge on any atom is -0.497 e. The summed E-state index contributed by atoms with van der Waals surface area (Å²) in [7, 11) is 1.58. The Kier molecular flexibility index (Phi) is 7.09. The predicted octanol–water partition coefficient (Wildman–Crippen LogP) is 5.48. The minimum absolute atomic E-state index is 0.0228. The quantitative estimate of drug-likeness (QED) is 0.241. The van der Waals surface area contributed by atoms with E-state index in [0.717, 1.165) is 5.69 Å². The monoisotopic (exact) mass is 465 g/mol. The molecule has 0 aliphatic rings. The van der Waals surface area contributed by atoms with Gasteiger partial charge in [0.2, 0.25) is 0 Å². The van der Waals surface area contributed by atoms with E-state index in [1.807, 2.05) is 47.0 Å². The van der Waals surface area contributed by atoms with Crippen LogP contribution in [-0.4, -0.2) is 33.4 Å². The number of hydrogen-bond donors (Lipinski definition) is 0. The topological polar surface area (TPSA) is 66.2 Å². The summed E-state index contributed by atoms with van der Waals surface area (Å²) in [6, 6.07) is 24.1. The van der Waals surface area contributed by atoms with E-state index in [4.69, 9.17) is 21.1 Å². The fourth-order valence-electron chi connectivity index (χ4n) is 3.04. The molecule has 6 nitrogen and oxygen atoms in total. The van der Waals surface area contributed by atoms with Crippen LogP contribution < -0.4 is 9.47 Å². The first kappa shape index (κ1) is 21.9. The molecule has 0 atom stereocenters. The van der Waals surface area contributed by atoms with Crippen molar-refractivity contribution in [3.8, 4) is 17.2 Å². The van der Waals surface area contributed by atoms with Gasteiger partial charge in [-0.1, -0.05) is 65.8 Å². The van der Waals surface area contributed by atoms with E-state index in [0.29, 0.717) is 33.1 Å². The van der Waals surface area contributed by atoms with Gasteiger partial charge in [-0.3, -0.25) is 9.36 Å². The van der Waals surface area contributed by atoms with Gasteiger partial charge in [-0.05, 0) is 36.4 Å². The first-order chi connectivity index (χ1) is 15.7. The second-order valence-electron chi connectivity index (χ2n) is 6.73. The average Bonchev–Trinajstić information content (AvgIpc) is 3.25. The van der Waals surface area contributed by atoms with E-state index in [1.165, 1.54) is 11.8 Å². The van der Waals surface area contributed by atoms with Crippen LogP contribution in [0.1, 0.15) is 16.2 Å². The van der Waals surface area contributed by atoms with Crippen molar-refractivity contribution in [3.63, 3.8) is 0 Å². The van der Waals surface area contributed by atoms with Crippen LogP contribution in [0.15, 0.2) is 84.0 Å². The van der Waals surface area contributed by atoms with Crippen molar-refractivity contribution in [3.05, 3.63) is 95.3 Å². The second kappa shape index (κ2) is 10.3. The van der Waals surface area contributed by atoms with Gasteiger partial charge < -0.3 is 9.47 Å². The molecule has 4 rings (SSSR count). The lowest BCUT2D eigenvalue weighted by Gasteiger charge is -2.11. The Morgan fingerprint density at radius 3 is 2.56 bits per heavy atom. The zero-order valence-corrected chi connectivity index (χ0v) is 18.8. The number of carbonyl (C=O) groups is 1. The van der Waals surface area contributed by atoms with Crippen molar-refractivity contribution in [1.29, 1.82) is 0 Å². The molecule has 32 heavy (non-hydrogen) atoms. The van der Waals surface area contributed by atoms with Crippen LogP contribution in [0, 0.1) is 0 Å². The predicted molar refractivity (Wildman–Crippen MR) is 125 cm³/mol. The van der Waals surface area contributed by atoms with Crippen LogP contribution in [0.25, 0.3) is 5.69 Å². The van der Waals surface area contributed by atoms with E-state index in [1.54, 1.807) is 43.5 Å². The molecule has 0 unspecified atom stereocenters. The van der Waals surface area contributed by atoms with Gasteiger partial charge in [0.1, 0.15) is 18.1 Å². The molecule has 0 bridgehead atoms. The molecule has 162 valence electrons. The summed E-state index contributed by atoms with van der Waals surface area (Å²) in [6.45, 7) is 0.177. The summed E-state index contributed by atoms with van der Waals surface area (Å²) >= 11 is 7.52. The molecule has 8 heteroatoms. The van der Waals surface area contributed by atoms with Gasteiger partial charge in [0.05, 0.1) is 17.9 Å². The van der Waals surface area contributed by atoms with Crippen molar-refractivity contribution in [2.75, 3.05) is 12.9 Å². The van der Waals surface area contributed by atoms with Gasteiger partial charge in [-0.25, -0.2) is 0 Å². The smallest absolute Gasteiger partial charge is 0.196 e. The number of para-hydroxylation sites is 2. The van der Waals surface area contributed by atoms with Crippen LogP contribution in [0.2, 0.25) is 5.02 Å². The zero-order valence-electron chi connectivity index (χ0n) is 17.3. The Labute approximate surface area is 195 Å². The molecule has 0 amide bonds. The highest BCUT2D eigenvalue weighted by Crippen LogP contribution is 2.27. The zero-order chi connectivity index (χ0) is 22.3. The van der Waals surface area contributed by atoms with Crippen molar-refractivity contribution >= 4 is 29.1 Å². The number of halogens is 1. The largest absolute Gasteiger partial charge is 0.497 e. The van der Waals surface area contributed by atoms with Crippen molar-refractivity contribution in [2.45, 2.75) is 11.8 Å². The molecule has 3 aromatic carbocycles. The van der Waals surface area contributed by atoms with E-state index >= 15 is 0 Å². The number of nitrogens with zero attached hydrogens (tertiary/aromatic N) is 3. The number of ketones is 1. The van der Waals surface area contributed by atoms with E-state index < -0.39 is 0 Å². The lowest BCUT2D eigenvalue weighted by Crippen LogP contribution is -2.08. The van der Waals surface area contributed by atoms with Crippen molar-refractivity contribution in [2.24, 2.45) is 0 Å². The number of aromatic nitrogens is 3. The molecule has 0 N–H and O–H groups in total. The molecule has 0 aliphatic heterocycles. The van der Waals surface area contributed by atoms with Gasteiger partial charge in [-0.2, -0.15) is 0 Å². The summed E-state index contributed by atoms with van der Waals surface area (Å²) in [5.41, 5.74) is 1.47. The molecule has 0 fully saturated rings. The highest BCUT2D eigenvalue weighted by molar-refractivity contribution is 7.99. The molecular formula is C24H20ClN3O3S. The third kappa shape index (κ3) is 5.12. The summed E-state index contributed by atoms with van der Waals surface area (Å²) in [4.78, 5) is 12.7. The number of methoxy groups -OCH3 is 1. The molecule has 0 saturated heterocycles. The van der Waals surface area contributed by atoms with Crippen LogP contribution in [-0.2, 0) is 6.61 Å². The van der Waals surface area contributed by atoms with Crippen LogP contribution >= 0.6 is 23.4 Å². The van der Waals surface area contributed by atoms with Gasteiger partial charge in [-0.15, -0.1) is 10.2 Å². The Balaban J connectivity index is 1.55. The summed E-state index contributed by atoms with van der Waals surface area (Å²) < 4.78 is 13.0. The molecule has 0 spiro atoms. The fraction of sp³-hybridized carbons (Fsp3) is 0.125. The number of ether oxygens (including phenoxy) is 2. The number of Topliss-reactive ketones (excluding diaryl/α,β-unsaturated/α-hetero) is 1. The third-order valence-electron chi connectivity index (χ3n) is 4.63. The van der Waals surface area contributed by atoms with Crippen molar-refractivity contribution < 1.29 is 14.3 Å². The molecule has 1 aromatic heterocycles. The van der Waals surface area contributed by atoms with Gasteiger partial charge in [0, 0.05) is 11.3 Å². The van der Waals surface area contributed by atoms with Gasteiger partial charge in [0.15, 0.2) is 16.8 Å². The lowest BCUT2D eigenvalue weighted by atomic mass is 10.1. The maximum Gasteiger partial charge on any atom is 0.196 e. The van der Waals surface area contributed by atoms with Crippen LogP contribution in [0.4, 0.5) is 0 Å². The maximum atomic E-state index is 12.7. The first-order valence-corrected chi connectivity index (χ1v) is 11.2. The Morgan fingerprint density at radius 1 is 1.00 bits per heavy atom. The molecule has 0 radical (unpaired) electrons. The molecular weight excluding hydrogens is 446 g/mol. The molecule has 1 heterocycles. The third-order valence-corrected chi connectivity index (χ3v) is 5.87. The second-order valence-corrected chi connectivity index (χ2v) is 8.08. The normalized spacial score (nSPS) is 10.7. The molecule has 4 aromatic rings. The minimum atomic E-state index is -0.0228. The highest BCUT2D eigenvalue weighted by Gasteiger charge is 2.17. The van der Waals surface area contributed by atoms with Crippen molar-refractivity contribution in [1.82, 2.24) is 14.8 Å². The lowest BCUT2D eigenvalue weighted by molar-refractivity contribution is 0.102. The summed E-state index contributed by atoms with van der Waals surface area (Å²) in [5.74, 6) is 2.01. The van der Waals surface area contributed by atoms with E-state index in [9.17, 15) is 4.79 Å². The van der Waals surface area contributed by atoms with Crippen LogP contribution in [0.5, 0.6) is 11.5 Å². The number of thioether (sulfide) groups is 1. The summed E-state index contributed by atoms with van der Waals surface area (Å²) in [5, 5.41) is 9.75. The Hall–Kier alpha value is -3.29.